The van der Waals surface area contributed by atoms with Gasteiger partial charge >= 0.3 is 0 Å². The Hall–Kier alpha value is -3.81. The summed E-state index contributed by atoms with van der Waals surface area (Å²) in [5, 5.41) is 5.68. The van der Waals surface area contributed by atoms with E-state index in [9.17, 15) is 9.18 Å². The van der Waals surface area contributed by atoms with E-state index in [1.54, 1.807) is 17.0 Å². The Balaban J connectivity index is 1.46. The van der Waals surface area contributed by atoms with E-state index in [1.165, 1.54) is 12.1 Å². The number of carbonyl (C=O) groups is 1. The molecule has 1 saturated heterocycles. The van der Waals surface area contributed by atoms with Crippen molar-refractivity contribution in [3.05, 3.63) is 77.5 Å². The third-order valence-electron chi connectivity index (χ3n) is 5.95. The largest absolute Gasteiger partial charge is 0.354 e. The van der Waals surface area contributed by atoms with E-state index in [1.807, 2.05) is 48.9 Å². The fraction of sp³-hybridized carbons (Fsp3) is 0.280. The SMILES string of the molecule is Cc1nc(N2CCCN(C(=O)c3cccc(F)c3)CC2)c2c(C)nn(-c3ccccc3)c2n1. The van der Waals surface area contributed by atoms with E-state index in [0.29, 0.717) is 31.0 Å². The monoisotopic (exact) mass is 444 g/mol. The fourth-order valence-electron chi connectivity index (χ4n) is 4.38. The minimum absolute atomic E-state index is 0.145. The number of aryl methyl sites for hydroxylation is 2. The first-order chi connectivity index (χ1) is 16.0. The Morgan fingerprint density at radius 1 is 0.939 bits per heavy atom. The summed E-state index contributed by atoms with van der Waals surface area (Å²) in [6, 6.07) is 15.8. The van der Waals surface area contributed by atoms with Crippen molar-refractivity contribution in [1.82, 2.24) is 24.6 Å². The Bertz CT molecular complexity index is 1320. The maximum atomic E-state index is 13.6. The van der Waals surface area contributed by atoms with Gasteiger partial charge in [0.2, 0.25) is 0 Å². The molecule has 1 aliphatic heterocycles. The summed E-state index contributed by atoms with van der Waals surface area (Å²) in [6.45, 7) is 6.39. The van der Waals surface area contributed by atoms with Gasteiger partial charge in [0, 0.05) is 31.7 Å². The Morgan fingerprint density at radius 2 is 1.76 bits per heavy atom. The molecule has 1 fully saturated rings. The summed E-state index contributed by atoms with van der Waals surface area (Å²) in [5.41, 5.74) is 2.96. The zero-order valence-electron chi connectivity index (χ0n) is 18.7. The smallest absolute Gasteiger partial charge is 0.254 e. The maximum Gasteiger partial charge on any atom is 0.254 e. The van der Waals surface area contributed by atoms with Crippen LogP contribution in [0.3, 0.4) is 0 Å². The van der Waals surface area contributed by atoms with Gasteiger partial charge in [-0.3, -0.25) is 4.79 Å². The number of hydrogen-bond donors (Lipinski definition) is 0. The number of benzene rings is 2. The molecule has 0 aliphatic carbocycles. The van der Waals surface area contributed by atoms with Gasteiger partial charge in [-0.2, -0.15) is 5.10 Å². The van der Waals surface area contributed by atoms with Crippen LogP contribution < -0.4 is 4.90 Å². The number of hydrogen-bond acceptors (Lipinski definition) is 5. The predicted octanol–water partition coefficient (Wildman–Crippen LogP) is 3.92. The van der Waals surface area contributed by atoms with Gasteiger partial charge in [0.25, 0.3) is 5.91 Å². The number of carbonyl (C=O) groups excluding carboxylic acids is 1. The topological polar surface area (TPSA) is 67.2 Å². The molecule has 7 nitrogen and oxygen atoms in total. The number of halogens is 1. The molecule has 2 aromatic heterocycles. The molecular formula is C25H25FN6O. The molecule has 0 radical (unpaired) electrons. The van der Waals surface area contributed by atoms with Crippen LogP contribution in [-0.2, 0) is 0 Å². The van der Waals surface area contributed by atoms with Crippen LogP contribution in [0.1, 0.15) is 28.3 Å². The van der Waals surface area contributed by atoms with Crippen LogP contribution in [0.4, 0.5) is 10.2 Å². The van der Waals surface area contributed by atoms with Crippen LogP contribution in [0.25, 0.3) is 16.7 Å². The van der Waals surface area contributed by atoms with Crippen LogP contribution in [0.5, 0.6) is 0 Å². The van der Waals surface area contributed by atoms with Crippen LogP contribution in [0.15, 0.2) is 54.6 Å². The highest BCUT2D eigenvalue weighted by atomic mass is 19.1. The number of amides is 1. The summed E-state index contributed by atoms with van der Waals surface area (Å²) in [7, 11) is 0. The van der Waals surface area contributed by atoms with E-state index >= 15 is 0 Å². The zero-order chi connectivity index (χ0) is 22.9. The lowest BCUT2D eigenvalue weighted by Gasteiger charge is -2.24. The normalized spacial score (nSPS) is 14.5. The van der Waals surface area contributed by atoms with Crippen molar-refractivity contribution >= 4 is 22.8 Å². The number of nitrogens with zero attached hydrogens (tertiary/aromatic N) is 6. The number of fused-ring (bicyclic) bond motifs is 1. The van der Waals surface area contributed by atoms with Gasteiger partial charge in [-0.15, -0.1) is 0 Å². The lowest BCUT2D eigenvalue weighted by Crippen LogP contribution is -2.35. The quantitative estimate of drug-likeness (QED) is 0.479. The maximum absolute atomic E-state index is 13.6. The van der Waals surface area contributed by atoms with Crippen LogP contribution in [-0.4, -0.2) is 56.7 Å². The van der Waals surface area contributed by atoms with Crippen LogP contribution >= 0.6 is 0 Å². The molecule has 4 aromatic rings. The highest BCUT2D eigenvalue weighted by Gasteiger charge is 2.25. The van der Waals surface area contributed by atoms with Gasteiger partial charge in [-0.05, 0) is 50.6 Å². The molecule has 0 bridgehead atoms. The molecule has 1 amide bonds. The molecular weight excluding hydrogens is 419 g/mol. The number of aromatic nitrogens is 4. The summed E-state index contributed by atoms with van der Waals surface area (Å²) in [6.07, 6.45) is 0.789. The summed E-state index contributed by atoms with van der Waals surface area (Å²) >= 11 is 0. The third kappa shape index (κ3) is 4.04. The molecule has 8 heteroatoms. The summed E-state index contributed by atoms with van der Waals surface area (Å²) in [4.78, 5) is 26.4. The van der Waals surface area contributed by atoms with Crippen molar-refractivity contribution in [2.75, 3.05) is 31.1 Å². The van der Waals surface area contributed by atoms with Crippen LogP contribution in [0.2, 0.25) is 0 Å². The summed E-state index contributed by atoms with van der Waals surface area (Å²) in [5.74, 6) is 0.972. The first-order valence-corrected chi connectivity index (χ1v) is 11.1. The first kappa shape index (κ1) is 21.1. The minimum Gasteiger partial charge on any atom is -0.354 e. The lowest BCUT2D eigenvalue weighted by molar-refractivity contribution is 0.0766. The third-order valence-corrected chi connectivity index (χ3v) is 5.95. The predicted molar refractivity (Wildman–Crippen MR) is 125 cm³/mol. The standard InChI is InChI=1S/C25H25FN6O/c1-17-22-23(27-18(2)28-24(22)32(29-17)21-10-4-3-5-11-21)30-12-7-13-31(15-14-30)25(33)19-8-6-9-20(26)16-19/h3-6,8-11,16H,7,12-15H2,1-2H3. The van der Waals surface area contributed by atoms with Gasteiger partial charge in [0.15, 0.2) is 5.65 Å². The molecule has 168 valence electrons. The Morgan fingerprint density at radius 3 is 2.55 bits per heavy atom. The Labute approximate surface area is 191 Å². The molecule has 0 N–H and O–H groups in total. The van der Waals surface area contributed by atoms with Gasteiger partial charge in [0.1, 0.15) is 17.5 Å². The van der Waals surface area contributed by atoms with E-state index < -0.39 is 5.82 Å². The van der Waals surface area contributed by atoms with E-state index in [2.05, 4.69) is 4.90 Å². The highest BCUT2D eigenvalue weighted by Crippen LogP contribution is 2.29. The molecule has 1 aliphatic rings. The van der Waals surface area contributed by atoms with Crippen molar-refractivity contribution < 1.29 is 9.18 Å². The molecule has 5 rings (SSSR count). The van der Waals surface area contributed by atoms with Crippen molar-refractivity contribution in [2.45, 2.75) is 20.3 Å². The average Bonchev–Trinajstić information content (AvgIpc) is 2.99. The molecule has 0 saturated carbocycles. The minimum atomic E-state index is -0.401. The van der Waals surface area contributed by atoms with E-state index in [0.717, 1.165) is 41.2 Å². The van der Waals surface area contributed by atoms with E-state index in [4.69, 9.17) is 15.1 Å². The van der Waals surface area contributed by atoms with Gasteiger partial charge in [0.05, 0.1) is 16.8 Å². The van der Waals surface area contributed by atoms with Crippen LogP contribution in [0, 0.1) is 19.7 Å². The molecule has 0 unspecified atom stereocenters. The molecule has 33 heavy (non-hydrogen) atoms. The molecule has 0 spiro atoms. The highest BCUT2D eigenvalue weighted by molar-refractivity contribution is 5.94. The number of rotatable bonds is 3. The zero-order valence-corrected chi connectivity index (χ0v) is 18.7. The Kier molecular flexibility index (Phi) is 5.50. The lowest BCUT2D eigenvalue weighted by atomic mass is 10.2. The van der Waals surface area contributed by atoms with Crippen molar-refractivity contribution in [3.8, 4) is 5.69 Å². The number of para-hydroxylation sites is 1. The van der Waals surface area contributed by atoms with Gasteiger partial charge < -0.3 is 9.80 Å². The molecule has 3 heterocycles. The van der Waals surface area contributed by atoms with Gasteiger partial charge in [-0.25, -0.2) is 19.0 Å². The second-order valence-corrected chi connectivity index (χ2v) is 8.27. The van der Waals surface area contributed by atoms with Gasteiger partial charge in [-0.1, -0.05) is 24.3 Å². The second kappa shape index (κ2) is 8.61. The molecule has 0 atom stereocenters. The fourth-order valence-corrected chi connectivity index (χ4v) is 4.38. The van der Waals surface area contributed by atoms with E-state index in [-0.39, 0.29) is 5.91 Å². The van der Waals surface area contributed by atoms with Crippen molar-refractivity contribution in [3.63, 3.8) is 0 Å². The molecule has 2 aromatic carbocycles. The van der Waals surface area contributed by atoms with Crippen molar-refractivity contribution in [2.24, 2.45) is 0 Å². The summed E-state index contributed by atoms with van der Waals surface area (Å²) < 4.78 is 15.5. The van der Waals surface area contributed by atoms with Crippen molar-refractivity contribution in [1.29, 1.82) is 0 Å². The first-order valence-electron chi connectivity index (χ1n) is 11.1. The second-order valence-electron chi connectivity index (χ2n) is 8.27. The average molecular weight is 445 g/mol. The number of anilines is 1.